The highest BCUT2D eigenvalue weighted by Gasteiger charge is 2.79. The summed E-state index contributed by atoms with van der Waals surface area (Å²) in [6.45, 7) is 5.72. The lowest BCUT2D eigenvalue weighted by Gasteiger charge is -2.54. The molecule has 0 bridgehead atoms. The molecule has 1 amide bonds. The van der Waals surface area contributed by atoms with Gasteiger partial charge in [0.15, 0.2) is 5.60 Å². The van der Waals surface area contributed by atoms with Crippen LogP contribution in [0.5, 0.6) is 0 Å². The first kappa shape index (κ1) is 18.3. The normalized spacial score (nSPS) is 39.3. The highest BCUT2D eigenvalue weighted by molar-refractivity contribution is 6.18. The Morgan fingerprint density at radius 3 is 2.70 bits per heavy atom. The van der Waals surface area contributed by atoms with Crippen LogP contribution in [-0.4, -0.2) is 40.1 Å². The lowest BCUT2D eigenvalue weighted by Crippen LogP contribution is -2.80. The fourth-order valence-electron chi connectivity index (χ4n) is 3.99. The third-order valence-corrected chi connectivity index (χ3v) is 5.47. The Bertz CT molecular complexity index is 509. The van der Waals surface area contributed by atoms with Gasteiger partial charge in [-0.2, -0.15) is 0 Å². The third-order valence-electron chi connectivity index (χ3n) is 5.25. The van der Waals surface area contributed by atoms with Gasteiger partial charge in [0.05, 0.1) is 12.0 Å². The van der Waals surface area contributed by atoms with Crippen molar-refractivity contribution in [3.63, 3.8) is 0 Å². The van der Waals surface area contributed by atoms with Crippen molar-refractivity contribution in [3.8, 4) is 0 Å². The van der Waals surface area contributed by atoms with Crippen LogP contribution in [0, 0.1) is 11.8 Å². The number of carbonyl (C=O) groups excluding carboxylic acids is 2. The summed E-state index contributed by atoms with van der Waals surface area (Å²) < 4.78 is 5.34. The molecule has 0 aromatic carbocycles. The van der Waals surface area contributed by atoms with Crippen LogP contribution in [-0.2, 0) is 14.3 Å². The van der Waals surface area contributed by atoms with Crippen LogP contribution in [0.15, 0.2) is 12.2 Å². The Balaban J connectivity index is 0.000000924. The fraction of sp³-hybridized carbons (Fsp3) is 0.765. The number of hydrogen-bond acceptors (Lipinski definition) is 4. The van der Waals surface area contributed by atoms with Gasteiger partial charge in [0.2, 0.25) is 11.4 Å². The van der Waals surface area contributed by atoms with Gasteiger partial charge in [0, 0.05) is 11.8 Å². The number of nitrogens with one attached hydrogen (secondary N) is 1. The first-order chi connectivity index (χ1) is 11.0. The molecule has 2 N–H and O–H groups in total. The number of carbonyl (C=O) groups is 2. The summed E-state index contributed by atoms with van der Waals surface area (Å²) in [5.74, 6) is -1.14. The number of rotatable bonds is 4. The summed E-state index contributed by atoms with van der Waals surface area (Å²) >= 11 is 5.76. The highest BCUT2D eigenvalue weighted by Crippen LogP contribution is 2.53. The minimum atomic E-state index is -1.33. The van der Waals surface area contributed by atoms with Gasteiger partial charge < -0.3 is 15.2 Å². The molecule has 0 radical (unpaired) electrons. The maximum atomic E-state index is 12.2. The molecule has 23 heavy (non-hydrogen) atoms. The largest absolute Gasteiger partial charge is 0.453 e. The van der Waals surface area contributed by atoms with Crippen LogP contribution in [0.25, 0.3) is 0 Å². The van der Waals surface area contributed by atoms with E-state index in [4.69, 9.17) is 16.3 Å². The molecule has 1 aliphatic carbocycles. The molecule has 0 spiro atoms. The summed E-state index contributed by atoms with van der Waals surface area (Å²) in [6, 6.07) is 0. The van der Waals surface area contributed by atoms with Gasteiger partial charge in [-0.3, -0.25) is 4.79 Å². The van der Waals surface area contributed by atoms with Gasteiger partial charge in [0.1, 0.15) is 0 Å². The van der Waals surface area contributed by atoms with E-state index in [2.05, 4.69) is 5.32 Å². The molecule has 130 valence electrons. The molecule has 2 aliphatic heterocycles. The van der Waals surface area contributed by atoms with Crippen molar-refractivity contribution in [3.05, 3.63) is 12.2 Å². The molecule has 6 heteroatoms. The Morgan fingerprint density at radius 2 is 2.17 bits per heavy atom. The molecule has 0 aromatic rings. The van der Waals surface area contributed by atoms with Crippen LogP contribution in [0.4, 0.5) is 0 Å². The number of halogens is 1. The number of allylic oxidation sites excluding steroid dienone is 1. The lowest BCUT2D eigenvalue weighted by molar-refractivity contribution is -0.238. The summed E-state index contributed by atoms with van der Waals surface area (Å²) in [4.78, 5) is 24.4. The van der Waals surface area contributed by atoms with Gasteiger partial charge in [-0.25, -0.2) is 4.79 Å². The lowest BCUT2D eigenvalue weighted by atomic mass is 9.64. The molecule has 2 heterocycles. The molecular weight excluding hydrogens is 318 g/mol. The summed E-state index contributed by atoms with van der Waals surface area (Å²) in [5, 5.41) is 13.5. The first-order valence-corrected chi connectivity index (χ1v) is 8.97. The predicted molar refractivity (Wildman–Crippen MR) is 88.0 cm³/mol. The zero-order chi connectivity index (χ0) is 17.3. The predicted octanol–water partition coefficient (Wildman–Crippen LogP) is 2.16. The van der Waals surface area contributed by atoms with E-state index in [0.29, 0.717) is 12.3 Å². The number of fused-ring (bicyclic) bond motifs is 1. The highest BCUT2D eigenvalue weighted by atomic mass is 35.5. The molecule has 2 fully saturated rings. The van der Waals surface area contributed by atoms with Crippen LogP contribution >= 0.6 is 11.6 Å². The first-order valence-electron chi connectivity index (χ1n) is 8.43. The Morgan fingerprint density at radius 1 is 1.48 bits per heavy atom. The van der Waals surface area contributed by atoms with Crippen LogP contribution in [0.3, 0.4) is 0 Å². The van der Waals surface area contributed by atoms with E-state index in [1.165, 1.54) is 0 Å². The number of hydrogen-bond donors (Lipinski definition) is 2. The van der Waals surface area contributed by atoms with Crippen molar-refractivity contribution in [2.45, 2.75) is 63.7 Å². The van der Waals surface area contributed by atoms with Crippen LogP contribution < -0.4 is 5.32 Å². The number of esters is 1. The number of ether oxygens (including phenoxy) is 1. The summed E-state index contributed by atoms with van der Waals surface area (Å²) in [7, 11) is 0. The van der Waals surface area contributed by atoms with Crippen LogP contribution in [0.1, 0.15) is 46.5 Å². The standard InChI is InChI=1S/C15H20ClNO4.C2H6/c1-14-10(7-8-16)12(19)17-15(14,13(20)21-14)11(18)9-5-3-2-4-6-9;1-2/h3,5,9-11,18H,2,4,6-8H2,1H3,(H,17,19);1-2H3. The third kappa shape index (κ3) is 2.49. The van der Waals surface area contributed by atoms with E-state index in [0.717, 1.165) is 19.3 Å². The van der Waals surface area contributed by atoms with E-state index in [1.807, 2.05) is 26.0 Å². The molecular formula is C17H26ClNO4. The molecule has 5 unspecified atom stereocenters. The summed E-state index contributed by atoms with van der Waals surface area (Å²) in [5.41, 5.74) is -2.34. The average Bonchev–Trinajstić information content (AvgIpc) is 2.75. The molecule has 3 aliphatic rings. The number of amides is 1. The average molecular weight is 344 g/mol. The zero-order valence-corrected chi connectivity index (χ0v) is 14.7. The molecule has 0 saturated carbocycles. The van der Waals surface area contributed by atoms with Crippen molar-refractivity contribution in [1.29, 1.82) is 0 Å². The second kappa shape index (κ2) is 6.81. The molecule has 2 saturated heterocycles. The minimum Gasteiger partial charge on any atom is -0.453 e. The van der Waals surface area contributed by atoms with Crippen molar-refractivity contribution in [1.82, 2.24) is 5.32 Å². The summed E-state index contributed by atoms with van der Waals surface area (Å²) in [6.07, 6.45) is 6.17. The van der Waals surface area contributed by atoms with Gasteiger partial charge in [-0.05, 0) is 32.6 Å². The minimum absolute atomic E-state index is 0.138. The Hall–Kier alpha value is -1.07. The van der Waals surface area contributed by atoms with E-state index >= 15 is 0 Å². The quantitative estimate of drug-likeness (QED) is 0.466. The molecule has 0 aromatic heterocycles. The Kier molecular flexibility index (Phi) is 5.41. The molecule has 5 nitrogen and oxygen atoms in total. The van der Waals surface area contributed by atoms with Crippen molar-refractivity contribution in [2.24, 2.45) is 11.8 Å². The second-order valence-electron chi connectivity index (χ2n) is 6.29. The van der Waals surface area contributed by atoms with Crippen molar-refractivity contribution < 1.29 is 19.4 Å². The SMILES string of the molecule is CC.CC12OC(=O)C1(C(O)C1C=CCCC1)NC(=O)C2CCCl. The Labute approximate surface area is 142 Å². The monoisotopic (exact) mass is 343 g/mol. The maximum absolute atomic E-state index is 12.2. The molecule has 5 atom stereocenters. The fourth-order valence-corrected chi connectivity index (χ4v) is 4.21. The van der Waals surface area contributed by atoms with Crippen molar-refractivity contribution in [2.75, 3.05) is 5.88 Å². The molecule has 3 rings (SSSR count). The zero-order valence-electron chi connectivity index (χ0n) is 14.0. The van der Waals surface area contributed by atoms with Gasteiger partial charge in [-0.15, -0.1) is 11.6 Å². The van der Waals surface area contributed by atoms with Gasteiger partial charge in [0.25, 0.3) is 0 Å². The number of aliphatic hydroxyl groups is 1. The smallest absolute Gasteiger partial charge is 0.339 e. The topological polar surface area (TPSA) is 75.6 Å². The van der Waals surface area contributed by atoms with Gasteiger partial charge >= 0.3 is 5.97 Å². The van der Waals surface area contributed by atoms with E-state index in [-0.39, 0.29) is 11.8 Å². The van der Waals surface area contributed by atoms with Crippen LogP contribution in [0.2, 0.25) is 0 Å². The maximum Gasteiger partial charge on any atom is 0.339 e. The number of alkyl halides is 1. The van der Waals surface area contributed by atoms with E-state index < -0.39 is 29.1 Å². The van der Waals surface area contributed by atoms with E-state index in [9.17, 15) is 14.7 Å². The van der Waals surface area contributed by atoms with Gasteiger partial charge in [-0.1, -0.05) is 26.0 Å². The van der Waals surface area contributed by atoms with E-state index in [1.54, 1.807) is 6.92 Å². The second-order valence-corrected chi connectivity index (χ2v) is 6.67. The number of aliphatic hydroxyl groups excluding tert-OH is 1. The van der Waals surface area contributed by atoms with Crippen molar-refractivity contribution >= 4 is 23.5 Å².